The van der Waals surface area contributed by atoms with Gasteiger partial charge in [0.15, 0.2) is 0 Å². The van der Waals surface area contributed by atoms with Gasteiger partial charge in [-0.25, -0.2) is 19.6 Å². The first-order chi connectivity index (χ1) is 33.9. The van der Waals surface area contributed by atoms with Gasteiger partial charge in [-0.1, -0.05) is 96.7 Å². The molecule has 4 aliphatic heterocycles. The Morgan fingerprint density at radius 3 is 1.32 bits per heavy atom. The largest absolute Gasteiger partial charge is 0.378 e. The second-order valence-electron chi connectivity index (χ2n) is 17.7. The average Bonchev–Trinajstić information content (AvgIpc) is 4.27. The SMILES string of the molecule is O=C(NC(C(=O)N1CCCC1c1ncc(-c2ccc(Sc3ccc(-c4cnc(C5CCCN5C(=O)C(NC(=O)N5CCOCC5)c5ccccc5)[nH]4)cc3)cc2)[nH]1)c1ccccc1)N1CCOCC1. The Morgan fingerprint density at radius 2 is 0.928 bits per heavy atom. The van der Waals surface area contributed by atoms with Gasteiger partial charge in [-0.2, -0.15) is 0 Å². The van der Waals surface area contributed by atoms with Crippen LogP contribution in [0.5, 0.6) is 0 Å². The molecule has 0 aliphatic carbocycles. The van der Waals surface area contributed by atoms with Crippen LogP contribution in [-0.4, -0.2) is 129 Å². The van der Waals surface area contributed by atoms with Crippen LogP contribution < -0.4 is 10.6 Å². The van der Waals surface area contributed by atoms with Crippen molar-refractivity contribution in [2.45, 2.75) is 59.6 Å². The van der Waals surface area contributed by atoms with Gasteiger partial charge in [0, 0.05) is 49.1 Å². The first-order valence-corrected chi connectivity index (χ1v) is 24.6. The van der Waals surface area contributed by atoms with E-state index in [1.165, 1.54) is 0 Å². The Labute approximate surface area is 405 Å². The Bertz CT molecular complexity index is 2520. The minimum Gasteiger partial charge on any atom is -0.378 e. The van der Waals surface area contributed by atoms with Gasteiger partial charge in [0.25, 0.3) is 0 Å². The van der Waals surface area contributed by atoms with Crippen molar-refractivity contribution in [3.63, 3.8) is 0 Å². The number of hydrogen-bond donors (Lipinski definition) is 4. The smallest absolute Gasteiger partial charge is 0.318 e. The molecule has 4 atom stereocenters. The fraction of sp³-hybridized carbons (Fsp3) is 0.346. The second kappa shape index (κ2) is 21.1. The maximum Gasteiger partial charge on any atom is 0.318 e. The van der Waals surface area contributed by atoms with Crippen LogP contribution in [0.4, 0.5) is 9.59 Å². The first-order valence-electron chi connectivity index (χ1n) is 23.8. The Morgan fingerprint density at radius 1 is 0.536 bits per heavy atom. The zero-order chi connectivity index (χ0) is 47.1. The molecule has 17 heteroatoms. The predicted molar refractivity (Wildman–Crippen MR) is 260 cm³/mol. The summed E-state index contributed by atoms with van der Waals surface area (Å²) in [6.45, 7) is 4.98. The number of hydrogen-bond acceptors (Lipinski definition) is 9. The Hall–Kier alpha value is -6.95. The number of morpholine rings is 2. The van der Waals surface area contributed by atoms with Crippen LogP contribution in [0.15, 0.2) is 131 Å². The number of urea groups is 2. The molecular formula is C52H56N10O6S. The standard InChI is InChI=1S/C52H56N10O6S/c63-49(45(37-9-3-1-4-10-37)57-51(65)59-25-29-67-30-26-59)61-23-7-13-43(61)47-53-33-41(55-47)35-15-19-39(20-16-35)69-40-21-17-36(18-22-40)42-34-54-48(56-42)44-14-8-24-62(44)50(64)46(38-11-5-2-6-12-38)58-52(66)60-27-31-68-32-28-60/h1-6,9-12,15-22,33-34,43-46H,7-8,13-14,23-32H2,(H,53,55)(H,54,56)(H,57,65)(H,58,66). The molecule has 0 bridgehead atoms. The summed E-state index contributed by atoms with van der Waals surface area (Å²) in [5.74, 6) is 1.14. The molecule has 4 unspecified atom stereocenters. The number of aromatic nitrogens is 4. The molecular weight excluding hydrogens is 893 g/mol. The van der Waals surface area contributed by atoms with Gasteiger partial charge >= 0.3 is 12.1 Å². The van der Waals surface area contributed by atoms with Gasteiger partial charge in [0.05, 0.1) is 62.3 Å². The maximum atomic E-state index is 14.3. The zero-order valence-electron chi connectivity index (χ0n) is 38.3. The summed E-state index contributed by atoms with van der Waals surface area (Å²) in [7, 11) is 0. The summed E-state index contributed by atoms with van der Waals surface area (Å²) >= 11 is 1.66. The van der Waals surface area contributed by atoms with Crippen molar-refractivity contribution in [1.82, 2.24) is 50.2 Å². The van der Waals surface area contributed by atoms with Gasteiger partial charge in [-0.3, -0.25) is 9.59 Å². The number of carbonyl (C=O) groups excluding carboxylic acids is 4. The predicted octanol–water partition coefficient (Wildman–Crippen LogP) is 7.51. The first kappa shape index (κ1) is 45.8. The summed E-state index contributed by atoms with van der Waals surface area (Å²) in [4.78, 5) is 81.0. The topological polar surface area (TPSA) is 181 Å². The van der Waals surface area contributed by atoms with Crippen molar-refractivity contribution in [2.24, 2.45) is 0 Å². The van der Waals surface area contributed by atoms with E-state index in [9.17, 15) is 19.2 Å². The zero-order valence-corrected chi connectivity index (χ0v) is 39.1. The van der Waals surface area contributed by atoms with Crippen LogP contribution in [0.25, 0.3) is 22.5 Å². The summed E-state index contributed by atoms with van der Waals surface area (Å²) < 4.78 is 10.9. The lowest BCUT2D eigenvalue weighted by molar-refractivity contribution is -0.135. The number of nitrogens with one attached hydrogen (secondary N) is 4. The molecule has 4 saturated heterocycles. The quantitative estimate of drug-likeness (QED) is 0.0966. The molecule has 6 amide bonds. The van der Waals surface area contributed by atoms with Crippen molar-refractivity contribution < 1.29 is 28.7 Å². The normalized spacial score (nSPS) is 19.3. The average molecular weight is 949 g/mol. The van der Waals surface area contributed by atoms with Crippen molar-refractivity contribution in [2.75, 3.05) is 65.7 Å². The van der Waals surface area contributed by atoms with Crippen LogP contribution in [0, 0.1) is 0 Å². The third-order valence-electron chi connectivity index (χ3n) is 13.4. The van der Waals surface area contributed by atoms with E-state index in [0.29, 0.717) is 65.7 Å². The van der Waals surface area contributed by atoms with E-state index < -0.39 is 12.1 Å². The highest BCUT2D eigenvalue weighted by molar-refractivity contribution is 7.99. The number of imidazole rings is 2. The van der Waals surface area contributed by atoms with Crippen LogP contribution in [0.2, 0.25) is 0 Å². The number of aromatic amines is 2. The number of rotatable bonds is 12. The van der Waals surface area contributed by atoms with E-state index in [1.807, 2.05) is 82.9 Å². The summed E-state index contributed by atoms with van der Waals surface area (Å²) in [5, 5.41) is 6.06. The molecule has 10 rings (SSSR count). The lowest BCUT2D eigenvalue weighted by Crippen LogP contribution is -2.50. The van der Waals surface area contributed by atoms with E-state index in [2.05, 4.69) is 69.1 Å². The van der Waals surface area contributed by atoms with Crippen LogP contribution >= 0.6 is 11.8 Å². The van der Waals surface area contributed by atoms with Crippen LogP contribution in [0.1, 0.15) is 72.6 Å². The molecule has 4 N–H and O–H groups in total. The van der Waals surface area contributed by atoms with Crippen molar-refractivity contribution in [3.05, 3.63) is 144 Å². The van der Waals surface area contributed by atoms with Crippen LogP contribution in [0.3, 0.4) is 0 Å². The number of amides is 6. The van der Waals surface area contributed by atoms with Gasteiger partial charge in [-0.05, 0) is 72.2 Å². The van der Waals surface area contributed by atoms with Crippen LogP contribution in [-0.2, 0) is 19.1 Å². The number of carbonyl (C=O) groups is 4. The summed E-state index contributed by atoms with van der Waals surface area (Å²) in [6.07, 6.45) is 6.84. The van der Waals surface area contributed by atoms with E-state index in [4.69, 9.17) is 19.4 Å². The van der Waals surface area contributed by atoms with E-state index in [-0.39, 0.29) is 36.0 Å². The fourth-order valence-corrected chi connectivity index (χ4v) is 10.5. The molecule has 16 nitrogen and oxygen atoms in total. The lowest BCUT2D eigenvalue weighted by Gasteiger charge is -2.32. The van der Waals surface area contributed by atoms with Gasteiger partial charge in [0.1, 0.15) is 23.7 Å². The molecule has 6 aromatic rings. The van der Waals surface area contributed by atoms with Crippen molar-refractivity contribution in [1.29, 1.82) is 0 Å². The highest BCUT2D eigenvalue weighted by Crippen LogP contribution is 2.37. The monoisotopic (exact) mass is 948 g/mol. The number of nitrogens with zero attached hydrogens (tertiary/aromatic N) is 6. The fourth-order valence-electron chi connectivity index (χ4n) is 9.64. The molecule has 2 aromatic heterocycles. The maximum absolute atomic E-state index is 14.3. The second-order valence-corrected chi connectivity index (χ2v) is 18.8. The highest BCUT2D eigenvalue weighted by Gasteiger charge is 2.39. The summed E-state index contributed by atoms with van der Waals surface area (Å²) in [5.41, 5.74) is 5.16. The minimum absolute atomic E-state index is 0.155. The van der Waals surface area contributed by atoms with Gasteiger partial charge in [0.2, 0.25) is 11.8 Å². The minimum atomic E-state index is -0.827. The Balaban J connectivity index is 0.766. The highest BCUT2D eigenvalue weighted by atomic mass is 32.2. The third kappa shape index (κ3) is 10.4. The number of likely N-dealkylation sites (tertiary alicyclic amines) is 2. The third-order valence-corrected chi connectivity index (χ3v) is 14.4. The molecule has 4 aliphatic rings. The molecule has 0 spiro atoms. The number of H-pyrrole nitrogens is 2. The van der Waals surface area contributed by atoms with E-state index in [1.54, 1.807) is 21.6 Å². The van der Waals surface area contributed by atoms with Crippen molar-refractivity contribution >= 4 is 35.6 Å². The Kier molecular flexibility index (Phi) is 14.0. The molecule has 69 heavy (non-hydrogen) atoms. The van der Waals surface area contributed by atoms with Crippen molar-refractivity contribution in [3.8, 4) is 22.5 Å². The van der Waals surface area contributed by atoms with E-state index in [0.717, 1.165) is 80.8 Å². The molecule has 0 saturated carbocycles. The molecule has 0 radical (unpaired) electrons. The molecule has 4 fully saturated rings. The van der Waals surface area contributed by atoms with Gasteiger partial charge < -0.3 is 49.7 Å². The van der Waals surface area contributed by atoms with E-state index >= 15 is 0 Å². The van der Waals surface area contributed by atoms with Gasteiger partial charge in [-0.15, -0.1) is 0 Å². The lowest BCUT2D eigenvalue weighted by atomic mass is 10.0. The number of benzene rings is 4. The summed E-state index contributed by atoms with van der Waals surface area (Å²) in [6, 6.07) is 32.8. The number of ether oxygens (including phenoxy) is 2. The molecule has 356 valence electrons. The molecule has 4 aromatic carbocycles. The molecule has 6 heterocycles.